The van der Waals surface area contributed by atoms with E-state index in [0.717, 1.165) is 4.88 Å². The van der Waals surface area contributed by atoms with Crippen molar-refractivity contribution in [3.8, 4) is 0 Å². The van der Waals surface area contributed by atoms with Gasteiger partial charge in [-0.05, 0) is 36.4 Å². The molecule has 0 bridgehead atoms. The van der Waals surface area contributed by atoms with Gasteiger partial charge in [-0.1, -0.05) is 11.6 Å². The fourth-order valence-corrected chi connectivity index (χ4v) is 2.86. The van der Waals surface area contributed by atoms with Gasteiger partial charge in [-0.2, -0.15) is 0 Å². The van der Waals surface area contributed by atoms with Gasteiger partial charge < -0.3 is 10.0 Å². The molecule has 2 aromatic rings. The normalized spacial score (nSPS) is 10.3. The number of aromatic carboxylic acids is 1. The molecule has 0 aliphatic carbocycles. The first kappa shape index (κ1) is 14.6. The first-order valence-electron chi connectivity index (χ1n) is 5.80. The van der Waals surface area contributed by atoms with E-state index in [-0.39, 0.29) is 11.5 Å². The number of carboxylic acid groups (broad SMARTS) is 1. The van der Waals surface area contributed by atoms with Crippen LogP contribution < -0.4 is 0 Å². The molecule has 0 atom stereocenters. The second-order valence-electron chi connectivity index (χ2n) is 4.25. The minimum absolute atomic E-state index is 0.161. The molecule has 0 radical (unpaired) electrons. The Morgan fingerprint density at radius 3 is 2.25 bits per heavy atom. The molecule has 20 heavy (non-hydrogen) atoms. The van der Waals surface area contributed by atoms with Crippen molar-refractivity contribution < 1.29 is 14.7 Å². The van der Waals surface area contributed by atoms with Crippen molar-refractivity contribution in [3.63, 3.8) is 0 Å². The third-order valence-corrected chi connectivity index (χ3v) is 3.96. The van der Waals surface area contributed by atoms with Crippen molar-refractivity contribution >= 4 is 34.8 Å². The Kier molecular flexibility index (Phi) is 4.42. The summed E-state index contributed by atoms with van der Waals surface area (Å²) < 4.78 is 0.687. The molecule has 0 saturated heterocycles. The average Bonchev–Trinajstić information content (AvgIpc) is 2.83. The quantitative estimate of drug-likeness (QED) is 0.942. The summed E-state index contributed by atoms with van der Waals surface area (Å²) in [5.74, 6) is -1.17. The van der Waals surface area contributed by atoms with Crippen molar-refractivity contribution in [2.75, 3.05) is 7.05 Å². The van der Waals surface area contributed by atoms with Crippen molar-refractivity contribution in [3.05, 3.63) is 56.7 Å². The van der Waals surface area contributed by atoms with E-state index in [2.05, 4.69) is 0 Å². The van der Waals surface area contributed by atoms with E-state index in [1.54, 1.807) is 18.0 Å². The highest BCUT2D eigenvalue weighted by Crippen LogP contribution is 2.22. The third kappa shape index (κ3) is 3.37. The first-order chi connectivity index (χ1) is 9.47. The molecule has 1 aromatic carbocycles. The van der Waals surface area contributed by atoms with E-state index in [9.17, 15) is 9.59 Å². The molecule has 2 rings (SSSR count). The summed E-state index contributed by atoms with van der Waals surface area (Å²) >= 11 is 7.28. The lowest BCUT2D eigenvalue weighted by atomic mass is 10.1. The van der Waals surface area contributed by atoms with Crippen molar-refractivity contribution in [2.24, 2.45) is 0 Å². The number of hydrogen-bond acceptors (Lipinski definition) is 3. The smallest absolute Gasteiger partial charge is 0.335 e. The Morgan fingerprint density at radius 2 is 1.75 bits per heavy atom. The van der Waals surface area contributed by atoms with E-state index in [0.29, 0.717) is 16.4 Å². The monoisotopic (exact) mass is 309 g/mol. The van der Waals surface area contributed by atoms with Gasteiger partial charge in [0.05, 0.1) is 16.4 Å². The number of carbonyl (C=O) groups excluding carboxylic acids is 1. The standard InChI is InChI=1S/C14H12ClNO3S/c1-16(8-11-6-7-12(15)20-11)13(17)9-2-4-10(5-3-9)14(18)19/h2-7H,8H2,1H3,(H,18,19). The third-order valence-electron chi connectivity index (χ3n) is 2.75. The van der Waals surface area contributed by atoms with Gasteiger partial charge in [0, 0.05) is 17.5 Å². The number of carboxylic acids is 1. The lowest BCUT2D eigenvalue weighted by Gasteiger charge is -2.16. The number of benzene rings is 1. The van der Waals surface area contributed by atoms with Gasteiger partial charge in [0.15, 0.2) is 0 Å². The summed E-state index contributed by atoms with van der Waals surface area (Å²) in [5.41, 5.74) is 0.620. The summed E-state index contributed by atoms with van der Waals surface area (Å²) in [5, 5.41) is 8.81. The lowest BCUT2D eigenvalue weighted by Crippen LogP contribution is -2.25. The highest BCUT2D eigenvalue weighted by atomic mass is 35.5. The fourth-order valence-electron chi connectivity index (χ4n) is 1.72. The van der Waals surface area contributed by atoms with E-state index >= 15 is 0 Å². The highest BCUT2D eigenvalue weighted by molar-refractivity contribution is 7.16. The number of nitrogens with zero attached hydrogens (tertiary/aromatic N) is 1. The van der Waals surface area contributed by atoms with Crippen LogP contribution in [0.1, 0.15) is 25.6 Å². The molecule has 1 N–H and O–H groups in total. The van der Waals surface area contributed by atoms with Crippen LogP contribution in [0.4, 0.5) is 0 Å². The number of thiophene rings is 1. The molecule has 0 spiro atoms. The zero-order chi connectivity index (χ0) is 14.7. The number of rotatable bonds is 4. The molecular formula is C14H12ClNO3S. The van der Waals surface area contributed by atoms with Gasteiger partial charge in [0.25, 0.3) is 5.91 Å². The number of amides is 1. The van der Waals surface area contributed by atoms with Gasteiger partial charge in [-0.3, -0.25) is 4.79 Å². The van der Waals surface area contributed by atoms with E-state index in [4.69, 9.17) is 16.7 Å². The van der Waals surface area contributed by atoms with Crippen LogP contribution in [0.15, 0.2) is 36.4 Å². The van der Waals surface area contributed by atoms with Crippen LogP contribution in [0.2, 0.25) is 4.34 Å². The molecule has 104 valence electrons. The molecule has 0 aliphatic heterocycles. The predicted molar refractivity (Wildman–Crippen MR) is 78.5 cm³/mol. The minimum Gasteiger partial charge on any atom is -0.478 e. The minimum atomic E-state index is -1.01. The van der Waals surface area contributed by atoms with E-state index in [1.807, 2.05) is 6.07 Å². The molecule has 1 heterocycles. The summed E-state index contributed by atoms with van der Waals surface area (Å²) in [6, 6.07) is 9.55. The Labute approximate surface area is 125 Å². The Hall–Kier alpha value is -1.85. The Bertz CT molecular complexity index is 636. The topological polar surface area (TPSA) is 57.6 Å². The number of hydrogen-bond donors (Lipinski definition) is 1. The fraction of sp³-hybridized carbons (Fsp3) is 0.143. The van der Waals surface area contributed by atoms with Gasteiger partial charge >= 0.3 is 5.97 Å². The maximum atomic E-state index is 12.2. The van der Waals surface area contributed by atoms with Crippen molar-refractivity contribution in [2.45, 2.75) is 6.54 Å². The van der Waals surface area contributed by atoms with E-state index < -0.39 is 5.97 Å². The van der Waals surface area contributed by atoms with Crippen LogP contribution in [-0.4, -0.2) is 28.9 Å². The molecule has 0 unspecified atom stereocenters. The van der Waals surface area contributed by atoms with E-state index in [1.165, 1.54) is 35.6 Å². The first-order valence-corrected chi connectivity index (χ1v) is 7.00. The molecule has 0 aliphatic rings. The molecule has 4 nitrogen and oxygen atoms in total. The van der Waals surface area contributed by atoms with Crippen LogP contribution in [-0.2, 0) is 6.54 Å². The maximum absolute atomic E-state index is 12.2. The van der Waals surface area contributed by atoms with Gasteiger partial charge in [-0.15, -0.1) is 11.3 Å². The number of carbonyl (C=O) groups is 2. The molecular weight excluding hydrogens is 298 g/mol. The summed E-state index contributed by atoms with van der Waals surface area (Å²) in [4.78, 5) is 25.5. The predicted octanol–water partition coefficient (Wildman–Crippen LogP) is 3.37. The lowest BCUT2D eigenvalue weighted by molar-refractivity contribution is 0.0695. The van der Waals surface area contributed by atoms with Crippen LogP contribution in [0.25, 0.3) is 0 Å². The zero-order valence-electron chi connectivity index (χ0n) is 10.7. The summed E-state index contributed by atoms with van der Waals surface area (Å²) in [6.07, 6.45) is 0. The average molecular weight is 310 g/mol. The Balaban J connectivity index is 2.08. The Morgan fingerprint density at radius 1 is 1.15 bits per heavy atom. The second kappa shape index (κ2) is 6.07. The zero-order valence-corrected chi connectivity index (χ0v) is 12.2. The SMILES string of the molecule is CN(Cc1ccc(Cl)s1)C(=O)c1ccc(C(=O)O)cc1. The van der Waals surface area contributed by atoms with Crippen LogP contribution in [0.3, 0.4) is 0 Å². The maximum Gasteiger partial charge on any atom is 0.335 e. The molecule has 0 saturated carbocycles. The van der Waals surface area contributed by atoms with Crippen LogP contribution >= 0.6 is 22.9 Å². The van der Waals surface area contributed by atoms with Crippen LogP contribution in [0, 0.1) is 0 Å². The van der Waals surface area contributed by atoms with Gasteiger partial charge in [0.2, 0.25) is 0 Å². The summed E-state index contributed by atoms with van der Waals surface area (Å²) in [6.45, 7) is 0.469. The van der Waals surface area contributed by atoms with Crippen molar-refractivity contribution in [1.82, 2.24) is 4.90 Å². The second-order valence-corrected chi connectivity index (χ2v) is 6.05. The highest BCUT2D eigenvalue weighted by Gasteiger charge is 2.13. The molecule has 1 aromatic heterocycles. The number of halogens is 1. The molecule has 1 amide bonds. The molecule has 6 heteroatoms. The van der Waals surface area contributed by atoms with Gasteiger partial charge in [0.1, 0.15) is 0 Å². The summed E-state index contributed by atoms with van der Waals surface area (Å²) in [7, 11) is 1.70. The van der Waals surface area contributed by atoms with Crippen molar-refractivity contribution in [1.29, 1.82) is 0 Å². The van der Waals surface area contributed by atoms with Gasteiger partial charge in [-0.25, -0.2) is 4.79 Å². The largest absolute Gasteiger partial charge is 0.478 e. The molecule has 0 fully saturated rings. The van der Waals surface area contributed by atoms with Crippen LogP contribution in [0.5, 0.6) is 0 Å².